The minimum atomic E-state index is -0.185. The summed E-state index contributed by atoms with van der Waals surface area (Å²) in [4.78, 5) is 22.3. The number of rotatable bonds is 3. The Morgan fingerprint density at radius 3 is 2.64 bits per heavy atom. The predicted molar refractivity (Wildman–Crippen MR) is 53.5 cm³/mol. The summed E-state index contributed by atoms with van der Waals surface area (Å²) in [5, 5.41) is 0. The van der Waals surface area contributed by atoms with Crippen molar-refractivity contribution in [2.75, 3.05) is 0 Å². The second kappa shape index (κ2) is 2.91. The number of ketones is 1. The third-order valence-electron chi connectivity index (χ3n) is 4.79. The molecule has 0 amide bonds. The molecule has 0 heterocycles. The van der Waals surface area contributed by atoms with Gasteiger partial charge in [0, 0.05) is 18.3 Å². The first-order valence-electron chi connectivity index (χ1n) is 5.43. The molecule has 0 aliphatic heterocycles. The van der Waals surface area contributed by atoms with Crippen molar-refractivity contribution >= 4 is 12.1 Å². The highest BCUT2D eigenvalue weighted by Gasteiger charge is 2.63. The lowest BCUT2D eigenvalue weighted by atomic mass is 9.66. The number of fused-ring (bicyclic) bond motifs is 2. The van der Waals surface area contributed by atoms with E-state index in [0.717, 1.165) is 25.7 Å². The maximum atomic E-state index is 11.9. The fourth-order valence-corrected chi connectivity index (χ4v) is 3.62. The van der Waals surface area contributed by atoms with E-state index in [1.165, 1.54) is 0 Å². The van der Waals surface area contributed by atoms with E-state index in [0.29, 0.717) is 18.1 Å². The average Bonchev–Trinajstić information content (AvgIpc) is 2.48. The van der Waals surface area contributed by atoms with Gasteiger partial charge in [-0.2, -0.15) is 0 Å². The van der Waals surface area contributed by atoms with Gasteiger partial charge in [-0.3, -0.25) is 9.59 Å². The van der Waals surface area contributed by atoms with Crippen LogP contribution in [0.15, 0.2) is 0 Å². The summed E-state index contributed by atoms with van der Waals surface area (Å²) in [5.41, 5.74) is -0.0734. The Morgan fingerprint density at radius 1 is 1.50 bits per heavy atom. The Kier molecular flexibility index (Phi) is 2.06. The van der Waals surface area contributed by atoms with Gasteiger partial charge in [0.15, 0.2) is 6.29 Å². The number of Topliss-reactive ketones (excluding diaryl/α,β-unsaturated/α-hetero) is 1. The van der Waals surface area contributed by atoms with E-state index in [9.17, 15) is 9.59 Å². The molecule has 14 heavy (non-hydrogen) atoms. The quantitative estimate of drug-likeness (QED) is 0.689. The van der Waals surface area contributed by atoms with Crippen molar-refractivity contribution in [3.8, 4) is 0 Å². The van der Waals surface area contributed by atoms with Gasteiger partial charge in [-0.25, -0.2) is 0 Å². The average molecular weight is 193 g/mol. The fourth-order valence-electron chi connectivity index (χ4n) is 3.62. The van der Waals surface area contributed by atoms with Crippen LogP contribution >= 0.6 is 0 Å². The minimum absolute atomic E-state index is 0.112. The van der Waals surface area contributed by atoms with Crippen molar-refractivity contribution in [3.63, 3.8) is 0 Å². The topological polar surface area (TPSA) is 34.1 Å². The van der Waals surface area contributed by atoms with Gasteiger partial charge in [0.05, 0.1) is 0 Å². The molecule has 2 atom stereocenters. The Bertz CT molecular complexity index is 280. The summed E-state index contributed by atoms with van der Waals surface area (Å²) in [7, 11) is 0. The van der Waals surface area contributed by atoms with Gasteiger partial charge in [-0.15, -0.1) is 0 Å². The van der Waals surface area contributed by atoms with Crippen LogP contribution in [0.25, 0.3) is 0 Å². The van der Waals surface area contributed by atoms with Crippen molar-refractivity contribution in [1.82, 2.24) is 0 Å². The number of hydrogen-bond donors (Lipinski definition) is 0. The third-order valence-corrected chi connectivity index (χ3v) is 4.79. The molecular weight excluding hydrogens is 176 g/mol. The van der Waals surface area contributed by atoms with E-state index in [1.807, 2.05) is 6.29 Å². The van der Waals surface area contributed by atoms with Gasteiger partial charge in [0.1, 0.15) is 5.78 Å². The summed E-state index contributed by atoms with van der Waals surface area (Å²) in [6.45, 7) is 4.39. The van der Waals surface area contributed by atoms with E-state index >= 15 is 0 Å². The third kappa shape index (κ3) is 0.971. The van der Waals surface area contributed by atoms with Crippen LogP contribution in [0.5, 0.6) is 0 Å². The Hall–Kier alpha value is -0.660. The first-order valence-corrected chi connectivity index (χ1v) is 5.43. The van der Waals surface area contributed by atoms with E-state index in [-0.39, 0.29) is 10.8 Å². The van der Waals surface area contributed by atoms with Crippen LogP contribution in [0.2, 0.25) is 0 Å². The normalized spacial score (nSPS) is 39.0. The van der Waals surface area contributed by atoms with Crippen LogP contribution in [0.1, 0.15) is 46.0 Å². The minimum Gasteiger partial charge on any atom is -0.299 e. The second-order valence-electron chi connectivity index (χ2n) is 5.31. The smallest absolute Gasteiger partial charge is 0.198 e. The number of carbonyl (C=O) groups is 1. The van der Waals surface area contributed by atoms with E-state index < -0.39 is 0 Å². The second-order valence-corrected chi connectivity index (χ2v) is 5.31. The standard InChI is InChI=1S/C12H17O2/c1-11(2)9-4-6-12(11,5-3-7-13)10(14)8-9/h9H,3-6,8H2,1-2H3. The first-order chi connectivity index (χ1) is 6.54. The first kappa shape index (κ1) is 9.88. The molecule has 2 fully saturated rings. The molecule has 0 aromatic carbocycles. The Labute approximate surface area is 85.1 Å². The summed E-state index contributed by atoms with van der Waals surface area (Å²) >= 11 is 0. The number of carbonyl (C=O) groups excluding carboxylic acids is 2. The highest BCUT2D eigenvalue weighted by Crippen LogP contribution is 2.65. The van der Waals surface area contributed by atoms with Crippen molar-refractivity contribution in [3.05, 3.63) is 0 Å². The molecule has 1 radical (unpaired) electrons. The zero-order chi connectivity index (χ0) is 10.4. The molecule has 77 valence electrons. The fraction of sp³-hybridized carbons (Fsp3) is 0.833. The molecule has 2 aliphatic carbocycles. The lowest BCUT2D eigenvalue weighted by molar-refractivity contribution is -0.129. The Morgan fingerprint density at radius 2 is 2.21 bits per heavy atom. The van der Waals surface area contributed by atoms with Crippen LogP contribution in [-0.2, 0) is 9.59 Å². The van der Waals surface area contributed by atoms with Crippen molar-refractivity contribution in [1.29, 1.82) is 0 Å². The van der Waals surface area contributed by atoms with Gasteiger partial charge in [-0.1, -0.05) is 13.8 Å². The lowest BCUT2D eigenvalue weighted by Crippen LogP contribution is -2.35. The number of hydrogen-bond acceptors (Lipinski definition) is 2. The molecule has 0 aromatic heterocycles. The maximum absolute atomic E-state index is 11.9. The van der Waals surface area contributed by atoms with E-state index in [2.05, 4.69) is 13.8 Å². The molecule has 0 saturated heterocycles. The molecule has 0 N–H and O–H groups in total. The molecular formula is C12H17O2. The summed E-state index contributed by atoms with van der Waals surface area (Å²) in [5.74, 6) is 0.954. The monoisotopic (exact) mass is 193 g/mol. The molecule has 2 aliphatic rings. The van der Waals surface area contributed by atoms with Gasteiger partial charge < -0.3 is 0 Å². The van der Waals surface area contributed by atoms with Crippen LogP contribution in [0.4, 0.5) is 0 Å². The summed E-state index contributed by atoms with van der Waals surface area (Å²) < 4.78 is 0. The highest BCUT2D eigenvalue weighted by molar-refractivity contribution is 5.89. The molecule has 2 bridgehead atoms. The summed E-state index contributed by atoms with van der Waals surface area (Å²) in [6, 6.07) is 0. The van der Waals surface area contributed by atoms with Crippen LogP contribution in [0.3, 0.4) is 0 Å². The summed E-state index contributed by atoms with van der Waals surface area (Å²) in [6.07, 6.45) is 5.97. The zero-order valence-electron chi connectivity index (χ0n) is 8.93. The van der Waals surface area contributed by atoms with Gasteiger partial charge >= 0.3 is 0 Å². The van der Waals surface area contributed by atoms with Gasteiger partial charge in [-0.05, 0) is 30.6 Å². The van der Waals surface area contributed by atoms with Crippen LogP contribution in [0, 0.1) is 16.7 Å². The SMILES string of the molecule is CC1(C)C2CCC1(CC[C]=O)C(=O)C2. The predicted octanol–water partition coefficient (Wildman–Crippen LogP) is 2.27. The van der Waals surface area contributed by atoms with E-state index in [1.54, 1.807) is 0 Å². The zero-order valence-corrected chi connectivity index (χ0v) is 8.93. The molecule has 2 nitrogen and oxygen atoms in total. The highest BCUT2D eigenvalue weighted by atomic mass is 16.1. The molecule has 2 unspecified atom stereocenters. The lowest BCUT2D eigenvalue weighted by Gasteiger charge is -2.36. The molecule has 0 spiro atoms. The largest absolute Gasteiger partial charge is 0.299 e. The van der Waals surface area contributed by atoms with Gasteiger partial charge in [0.25, 0.3) is 0 Å². The van der Waals surface area contributed by atoms with Crippen molar-refractivity contribution < 1.29 is 9.59 Å². The van der Waals surface area contributed by atoms with Crippen LogP contribution in [-0.4, -0.2) is 12.1 Å². The maximum Gasteiger partial charge on any atom is 0.198 e. The molecule has 2 rings (SSSR count). The van der Waals surface area contributed by atoms with Crippen LogP contribution < -0.4 is 0 Å². The molecule has 2 saturated carbocycles. The molecule has 2 heteroatoms. The molecule has 0 aromatic rings. The van der Waals surface area contributed by atoms with Crippen molar-refractivity contribution in [2.45, 2.75) is 46.0 Å². The Balaban J connectivity index is 2.29. The van der Waals surface area contributed by atoms with Gasteiger partial charge in [0.2, 0.25) is 0 Å². The van der Waals surface area contributed by atoms with Crippen molar-refractivity contribution in [2.24, 2.45) is 16.7 Å². The van der Waals surface area contributed by atoms with E-state index in [4.69, 9.17) is 0 Å².